The fourth-order valence-corrected chi connectivity index (χ4v) is 4.18. The zero-order valence-electron chi connectivity index (χ0n) is 16.6. The Morgan fingerprint density at radius 3 is 2.43 bits per heavy atom. The molecular weight excluding hydrogens is 424 g/mol. The van der Waals surface area contributed by atoms with Gasteiger partial charge in [-0.15, -0.1) is 11.3 Å². The maximum atomic E-state index is 12.2. The molecule has 10 heteroatoms. The number of esters is 2. The lowest BCUT2D eigenvalue weighted by Crippen LogP contribution is -2.20. The van der Waals surface area contributed by atoms with Gasteiger partial charge in [0.1, 0.15) is 9.88 Å². The number of nitrogens with one attached hydrogen (secondary N) is 2. The van der Waals surface area contributed by atoms with Crippen LogP contribution in [0.25, 0.3) is 0 Å². The quantitative estimate of drug-likeness (QED) is 0.439. The number of hydrogen-bond acceptors (Lipinski definition) is 7. The molecule has 0 radical (unpaired) electrons. The number of carbonyl (C=O) groups is 2. The number of benzene rings is 1. The van der Waals surface area contributed by atoms with Gasteiger partial charge in [-0.1, -0.05) is 12.1 Å². The van der Waals surface area contributed by atoms with Crippen molar-refractivity contribution in [2.75, 3.05) is 24.9 Å². The van der Waals surface area contributed by atoms with E-state index < -0.39 is 11.9 Å². The molecule has 0 amide bonds. The Balaban J connectivity index is 1.72. The standard InChI is InChI=1S/C20H20N4O4S2/c1-12-15(18(25)27-2)17(30-16(12)19(26)28-3)23-20(29)22-14-7-5-13(6-8-14)11-24-10-4-9-21-24/h4-10H,11H2,1-3H3,(H2,22,23,29). The van der Waals surface area contributed by atoms with E-state index >= 15 is 0 Å². The highest BCUT2D eigenvalue weighted by Gasteiger charge is 2.26. The Morgan fingerprint density at radius 2 is 1.83 bits per heavy atom. The third kappa shape index (κ3) is 4.84. The van der Waals surface area contributed by atoms with E-state index in [-0.39, 0.29) is 10.7 Å². The molecule has 2 heterocycles. The minimum absolute atomic E-state index is 0.252. The number of hydrogen-bond donors (Lipinski definition) is 2. The van der Waals surface area contributed by atoms with Crippen molar-refractivity contribution < 1.29 is 19.1 Å². The van der Waals surface area contributed by atoms with Crippen molar-refractivity contribution in [3.8, 4) is 0 Å². The first kappa shape index (κ1) is 21.5. The fourth-order valence-electron chi connectivity index (χ4n) is 2.78. The first-order valence-electron chi connectivity index (χ1n) is 8.87. The zero-order chi connectivity index (χ0) is 21.7. The monoisotopic (exact) mass is 444 g/mol. The van der Waals surface area contributed by atoms with Crippen LogP contribution >= 0.6 is 23.6 Å². The van der Waals surface area contributed by atoms with Gasteiger partial charge in [-0.2, -0.15) is 5.10 Å². The first-order valence-corrected chi connectivity index (χ1v) is 10.1. The number of thiophene rings is 1. The van der Waals surface area contributed by atoms with Crippen LogP contribution in [0.15, 0.2) is 42.7 Å². The van der Waals surface area contributed by atoms with E-state index in [2.05, 4.69) is 15.7 Å². The fraction of sp³-hybridized carbons (Fsp3) is 0.200. The highest BCUT2D eigenvalue weighted by atomic mass is 32.1. The van der Waals surface area contributed by atoms with Crippen molar-refractivity contribution in [3.05, 3.63) is 64.3 Å². The molecule has 2 aromatic heterocycles. The van der Waals surface area contributed by atoms with Gasteiger partial charge in [0.15, 0.2) is 5.11 Å². The summed E-state index contributed by atoms with van der Waals surface area (Å²) in [5.74, 6) is -1.09. The molecule has 0 saturated heterocycles. The molecule has 0 fully saturated rings. The second-order valence-corrected chi connectivity index (χ2v) is 7.65. The van der Waals surface area contributed by atoms with Crippen LogP contribution in [-0.4, -0.2) is 41.1 Å². The molecule has 8 nitrogen and oxygen atoms in total. The van der Waals surface area contributed by atoms with Crippen LogP contribution in [0, 0.1) is 6.92 Å². The van der Waals surface area contributed by atoms with Gasteiger partial charge in [-0.3, -0.25) is 4.68 Å². The number of methoxy groups -OCH3 is 2. The van der Waals surface area contributed by atoms with Gasteiger partial charge in [0.05, 0.1) is 26.3 Å². The summed E-state index contributed by atoms with van der Waals surface area (Å²) in [5.41, 5.74) is 2.60. The molecular formula is C20H20N4O4S2. The number of aromatic nitrogens is 2. The van der Waals surface area contributed by atoms with Crippen molar-refractivity contribution in [1.29, 1.82) is 0 Å². The van der Waals surface area contributed by atoms with Crippen LogP contribution in [0.3, 0.4) is 0 Å². The Morgan fingerprint density at radius 1 is 1.13 bits per heavy atom. The van der Waals surface area contributed by atoms with Gasteiger partial charge >= 0.3 is 11.9 Å². The Kier molecular flexibility index (Phi) is 6.80. The summed E-state index contributed by atoms with van der Waals surface area (Å²) < 4.78 is 11.5. The molecule has 3 rings (SSSR count). The lowest BCUT2D eigenvalue weighted by atomic mass is 10.1. The molecule has 0 bridgehead atoms. The first-order chi connectivity index (χ1) is 14.4. The van der Waals surface area contributed by atoms with Gasteiger partial charge < -0.3 is 20.1 Å². The smallest absolute Gasteiger partial charge is 0.348 e. The summed E-state index contributed by atoms with van der Waals surface area (Å²) in [5, 5.41) is 10.9. The summed E-state index contributed by atoms with van der Waals surface area (Å²) >= 11 is 6.46. The number of nitrogens with zero attached hydrogens (tertiary/aromatic N) is 2. The van der Waals surface area contributed by atoms with Crippen LogP contribution in [0.5, 0.6) is 0 Å². The molecule has 0 atom stereocenters. The summed E-state index contributed by atoms with van der Waals surface area (Å²) in [4.78, 5) is 24.5. The van der Waals surface area contributed by atoms with E-state index in [4.69, 9.17) is 21.7 Å². The third-order valence-corrected chi connectivity index (χ3v) is 5.64. The minimum atomic E-state index is -0.563. The van der Waals surface area contributed by atoms with Crippen molar-refractivity contribution in [2.45, 2.75) is 13.5 Å². The molecule has 0 aliphatic heterocycles. The summed E-state index contributed by atoms with van der Waals surface area (Å²) in [6.07, 6.45) is 3.64. The minimum Gasteiger partial charge on any atom is -0.465 e. The van der Waals surface area contributed by atoms with Crippen molar-refractivity contribution in [3.63, 3.8) is 0 Å². The van der Waals surface area contributed by atoms with Gasteiger partial charge in [0, 0.05) is 18.1 Å². The molecule has 0 aliphatic rings. The van der Waals surface area contributed by atoms with E-state index in [1.807, 2.05) is 41.2 Å². The summed E-state index contributed by atoms with van der Waals surface area (Å²) in [7, 11) is 2.57. The zero-order valence-corrected chi connectivity index (χ0v) is 18.2. The highest BCUT2D eigenvalue weighted by molar-refractivity contribution is 7.80. The average molecular weight is 445 g/mol. The van der Waals surface area contributed by atoms with E-state index in [1.165, 1.54) is 14.2 Å². The largest absolute Gasteiger partial charge is 0.465 e. The molecule has 1 aromatic carbocycles. The van der Waals surface area contributed by atoms with Gasteiger partial charge in [-0.05, 0) is 48.5 Å². The molecule has 2 N–H and O–H groups in total. The van der Waals surface area contributed by atoms with Crippen LogP contribution in [-0.2, 0) is 16.0 Å². The molecule has 156 valence electrons. The molecule has 0 saturated carbocycles. The number of rotatable bonds is 6. The lowest BCUT2D eigenvalue weighted by molar-refractivity contribution is 0.0601. The molecule has 0 spiro atoms. The second kappa shape index (κ2) is 9.51. The Labute approximate surface area is 182 Å². The summed E-state index contributed by atoms with van der Waals surface area (Å²) in [6, 6.07) is 9.61. The number of anilines is 2. The predicted octanol–water partition coefficient (Wildman–Crippen LogP) is 3.68. The van der Waals surface area contributed by atoms with Gasteiger partial charge in [-0.25, -0.2) is 9.59 Å². The van der Waals surface area contributed by atoms with Crippen molar-refractivity contribution >= 4 is 51.3 Å². The number of ether oxygens (including phenoxy) is 2. The van der Waals surface area contributed by atoms with Crippen LogP contribution < -0.4 is 10.6 Å². The molecule has 3 aromatic rings. The van der Waals surface area contributed by atoms with Crippen LogP contribution in [0.1, 0.15) is 31.2 Å². The number of thiocarbonyl (C=S) groups is 1. The van der Waals surface area contributed by atoms with Crippen LogP contribution in [0.4, 0.5) is 10.7 Å². The predicted molar refractivity (Wildman–Crippen MR) is 119 cm³/mol. The number of carbonyl (C=O) groups excluding carboxylic acids is 2. The van der Waals surface area contributed by atoms with E-state index in [0.717, 1.165) is 22.6 Å². The maximum absolute atomic E-state index is 12.2. The Bertz CT molecular complexity index is 1060. The van der Waals surface area contributed by atoms with Crippen molar-refractivity contribution in [1.82, 2.24) is 9.78 Å². The molecule has 30 heavy (non-hydrogen) atoms. The SMILES string of the molecule is COC(=O)c1sc(NC(=S)Nc2ccc(Cn3cccn3)cc2)c(C(=O)OC)c1C. The maximum Gasteiger partial charge on any atom is 0.348 e. The molecule has 0 unspecified atom stereocenters. The Hall–Kier alpha value is -3.24. The second-order valence-electron chi connectivity index (χ2n) is 6.22. The topological polar surface area (TPSA) is 94.5 Å². The van der Waals surface area contributed by atoms with Gasteiger partial charge in [0.2, 0.25) is 0 Å². The molecule has 0 aliphatic carbocycles. The van der Waals surface area contributed by atoms with Crippen molar-refractivity contribution in [2.24, 2.45) is 0 Å². The lowest BCUT2D eigenvalue weighted by Gasteiger charge is -2.11. The van der Waals surface area contributed by atoms with Gasteiger partial charge in [0.25, 0.3) is 0 Å². The van der Waals surface area contributed by atoms with E-state index in [0.29, 0.717) is 22.0 Å². The van der Waals surface area contributed by atoms with Crippen LogP contribution in [0.2, 0.25) is 0 Å². The summed E-state index contributed by atoms with van der Waals surface area (Å²) in [6.45, 7) is 2.33. The highest BCUT2D eigenvalue weighted by Crippen LogP contribution is 2.34. The average Bonchev–Trinajstić information content (AvgIpc) is 3.36. The third-order valence-electron chi connectivity index (χ3n) is 4.25. The van der Waals surface area contributed by atoms with E-state index in [9.17, 15) is 9.59 Å². The van der Waals surface area contributed by atoms with E-state index in [1.54, 1.807) is 13.1 Å². The normalized spacial score (nSPS) is 10.4.